The predicted molar refractivity (Wildman–Crippen MR) is 90.1 cm³/mol. The summed E-state index contributed by atoms with van der Waals surface area (Å²) in [5, 5.41) is 8.91. The molecule has 6 heteroatoms. The van der Waals surface area contributed by atoms with Crippen molar-refractivity contribution in [2.24, 2.45) is 0 Å². The van der Waals surface area contributed by atoms with Gasteiger partial charge in [-0.3, -0.25) is 0 Å². The third kappa shape index (κ3) is 3.59. The minimum absolute atomic E-state index is 0.393. The third-order valence-corrected chi connectivity index (χ3v) is 7.48. The molecule has 0 bridgehead atoms. The van der Waals surface area contributed by atoms with Crippen LogP contribution in [0.5, 0.6) is 0 Å². The van der Waals surface area contributed by atoms with Crippen molar-refractivity contribution in [1.29, 1.82) is 0 Å². The van der Waals surface area contributed by atoms with E-state index in [4.69, 9.17) is 9.51 Å². The summed E-state index contributed by atoms with van der Waals surface area (Å²) in [5.41, 5.74) is 0. The lowest BCUT2D eigenvalue weighted by atomic mass is 10.0. The van der Waals surface area contributed by atoms with Gasteiger partial charge < -0.3 is 9.84 Å². The summed E-state index contributed by atoms with van der Waals surface area (Å²) in [5.74, 6) is 4.61. The summed E-state index contributed by atoms with van der Waals surface area (Å²) in [6, 6.07) is 0.518. The van der Waals surface area contributed by atoms with Crippen molar-refractivity contribution in [2.75, 3.05) is 18.1 Å². The van der Waals surface area contributed by atoms with E-state index in [1.54, 1.807) is 0 Å². The maximum absolute atomic E-state index is 5.64. The maximum Gasteiger partial charge on any atom is 0.231 e. The highest BCUT2D eigenvalue weighted by atomic mass is 32.2. The molecule has 0 radical (unpaired) electrons. The van der Waals surface area contributed by atoms with Crippen LogP contribution in [0.1, 0.15) is 62.4 Å². The van der Waals surface area contributed by atoms with Crippen molar-refractivity contribution >= 4 is 23.5 Å². The molecule has 2 heterocycles. The van der Waals surface area contributed by atoms with Crippen molar-refractivity contribution in [1.82, 2.24) is 15.5 Å². The Hall–Kier alpha value is -0.200. The van der Waals surface area contributed by atoms with Crippen LogP contribution >= 0.6 is 23.5 Å². The molecule has 1 N–H and O–H groups in total. The highest BCUT2D eigenvalue weighted by Gasteiger charge is 2.34. The predicted octanol–water partition coefficient (Wildman–Crippen LogP) is 3.61. The molecule has 0 spiro atoms. The van der Waals surface area contributed by atoms with Gasteiger partial charge in [0.1, 0.15) is 0 Å². The van der Waals surface area contributed by atoms with Crippen LogP contribution in [-0.4, -0.2) is 39.5 Å². The third-order valence-electron chi connectivity index (χ3n) is 4.39. The van der Waals surface area contributed by atoms with Crippen LogP contribution in [0.15, 0.2) is 4.52 Å². The fraction of sp³-hybridized carbons (Fsp3) is 0.867. The quantitative estimate of drug-likeness (QED) is 0.891. The topological polar surface area (TPSA) is 51.0 Å². The summed E-state index contributed by atoms with van der Waals surface area (Å²) >= 11 is 3.99. The number of nitrogens with one attached hydrogen (secondary N) is 1. The summed E-state index contributed by atoms with van der Waals surface area (Å²) in [7, 11) is 0. The average molecular weight is 328 g/mol. The fourth-order valence-electron chi connectivity index (χ4n) is 3.26. The highest BCUT2D eigenvalue weighted by Crippen LogP contribution is 2.42. The number of hydrogen-bond acceptors (Lipinski definition) is 6. The van der Waals surface area contributed by atoms with E-state index in [2.05, 4.69) is 24.3 Å². The van der Waals surface area contributed by atoms with Gasteiger partial charge in [-0.25, -0.2) is 0 Å². The van der Waals surface area contributed by atoms with Crippen LogP contribution in [0.25, 0.3) is 0 Å². The van der Waals surface area contributed by atoms with Crippen molar-refractivity contribution < 1.29 is 4.52 Å². The van der Waals surface area contributed by atoms with Gasteiger partial charge in [-0.15, -0.1) is 11.8 Å². The lowest BCUT2D eigenvalue weighted by Gasteiger charge is -2.24. The van der Waals surface area contributed by atoms with Gasteiger partial charge in [0, 0.05) is 22.8 Å². The van der Waals surface area contributed by atoms with E-state index in [1.807, 2.05) is 23.5 Å². The molecule has 1 aliphatic heterocycles. The van der Waals surface area contributed by atoms with E-state index in [9.17, 15) is 0 Å². The van der Waals surface area contributed by atoms with E-state index in [0.717, 1.165) is 18.3 Å². The number of rotatable bonds is 5. The van der Waals surface area contributed by atoms with Crippen LogP contribution in [0.4, 0.5) is 0 Å². The number of nitrogens with zero attached hydrogens (tertiary/aromatic N) is 2. The standard InChI is InChI=1S/C15H25N3OS2/c1-3-7-16-12-6-4-5-11(12)15-17-14(18-19-15)13-10(2)20-8-9-21-13/h10-13,16H,3-9H2,1-2H3. The summed E-state index contributed by atoms with van der Waals surface area (Å²) in [4.78, 5) is 4.77. The Balaban J connectivity index is 1.69. The van der Waals surface area contributed by atoms with Gasteiger partial charge in [0.05, 0.1) is 11.2 Å². The van der Waals surface area contributed by atoms with Crippen LogP contribution in [-0.2, 0) is 0 Å². The molecular formula is C15H25N3OS2. The Morgan fingerprint density at radius 1 is 1.29 bits per heavy atom. The van der Waals surface area contributed by atoms with Crippen LogP contribution in [0.3, 0.4) is 0 Å². The van der Waals surface area contributed by atoms with E-state index >= 15 is 0 Å². The molecule has 118 valence electrons. The molecule has 21 heavy (non-hydrogen) atoms. The summed E-state index contributed by atoms with van der Waals surface area (Å²) in [6.07, 6.45) is 4.83. The molecule has 1 aromatic rings. The Bertz CT molecular complexity index is 454. The van der Waals surface area contributed by atoms with Crippen LogP contribution < -0.4 is 5.32 Å². The second-order valence-corrected chi connectivity index (χ2v) is 8.69. The summed E-state index contributed by atoms with van der Waals surface area (Å²) in [6.45, 7) is 5.56. The Kier molecular flexibility index (Phi) is 5.51. The molecule has 0 amide bonds. The first-order valence-corrected chi connectivity index (χ1v) is 10.2. The Morgan fingerprint density at radius 3 is 2.95 bits per heavy atom. The number of hydrogen-bond donors (Lipinski definition) is 1. The SMILES string of the molecule is CCCNC1CCCC1c1nc(C2SCCSC2C)no1. The molecule has 1 saturated heterocycles. The molecule has 4 atom stereocenters. The number of thioether (sulfide) groups is 2. The molecule has 2 aliphatic rings. The zero-order valence-corrected chi connectivity index (χ0v) is 14.5. The zero-order valence-electron chi connectivity index (χ0n) is 12.9. The minimum Gasteiger partial charge on any atom is -0.339 e. The fourth-order valence-corrected chi connectivity index (χ4v) is 5.94. The minimum atomic E-state index is 0.393. The summed E-state index contributed by atoms with van der Waals surface area (Å²) < 4.78 is 5.64. The first-order valence-electron chi connectivity index (χ1n) is 8.09. The van der Waals surface area contributed by atoms with Gasteiger partial charge in [0.2, 0.25) is 5.89 Å². The largest absolute Gasteiger partial charge is 0.339 e. The van der Waals surface area contributed by atoms with Crippen molar-refractivity contribution in [2.45, 2.75) is 62.0 Å². The molecular weight excluding hydrogens is 302 g/mol. The first-order chi connectivity index (χ1) is 10.3. The lowest BCUT2D eigenvalue weighted by Crippen LogP contribution is -2.32. The van der Waals surface area contributed by atoms with E-state index in [1.165, 1.54) is 37.2 Å². The van der Waals surface area contributed by atoms with E-state index < -0.39 is 0 Å². The molecule has 2 fully saturated rings. The maximum atomic E-state index is 5.64. The molecule has 0 aromatic carbocycles. The molecule has 1 aliphatic carbocycles. The lowest BCUT2D eigenvalue weighted by molar-refractivity contribution is 0.327. The van der Waals surface area contributed by atoms with Crippen LogP contribution in [0.2, 0.25) is 0 Å². The van der Waals surface area contributed by atoms with Gasteiger partial charge in [-0.05, 0) is 25.8 Å². The average Bonchev–Trinajstić information content (AvgIpc) is 3.14. The molecule has 4 nitrogen and oxygen atoms in total. The highest BCUT2D eigenvalue weighted by molar-refractivity contribution is 8.06. The zero-order chi connectivity index (χ0) is 14.7. The smallest absolute Gasteiger partial charge is 0.231 e. The second-order valence-electron chi connectivity index (χ2n) is 5.96. The van der Waals surface area contributed by atoms with Crippen molar-refractivity contribution in [3.63, 3.8) is 0 Å². The van der Waals surface area contributed by atoms with Gasteiger partial charge in [0.15, 0.2) is 5.82 Å². The molecule has 1 aromatic heterocycles. The van der Waals surface area contributed by atoms with E-state index in [0.29, 0.717) is 22.5 Å². The van der Waals surface area contributed by atoms with Gasteiger partial charge in [-0.1, -0.05) is 25.4 Å². The molecule has 1 saturated carbocycles. The van der Waals surface area contributed by atoms with Crippen LogP contribution in [0, 0.1) is 0 Å². The second kappa shape index (κ2) is 7.38. The molecule has 4 unspecified atom stereocenters. The first kappa shape index (κ1) is 15.7. The normalized spacial score (nSPS) is 33.4. The van der Waals surface area contributed by atoms with Crippen molar-refractivity contribution in [3.8, 4) is 0 Å². The van der Waals surface area contributed by atoms with E-state index in [-0.39, 0.29) is 0 Å². The number of aromatic nitrogens is 2. The molecule has 3 rings (SSSR count). The van der Waals surface area contributed by atoms with Gasteiger partial charge >= 0.3 is 0 Å². The van der Waals surface area contributed by atoms with Gasteiger partial charge in [-0.2, -0.15) is 16.7 Å². The van der Waals surface area contributed by atoms with Gasteiger partial charge in [0.25, 0.3) is 0 Å². The monoisotopic (exact) mass is 327 g/mol. The Morgan fingerprint density at radius 2 is 2.14 bits per heavy atom. The van der Waals surface area contributed by atoms with Crippen molar-refractivity contribution in [3.05, 3.63) is 11.7 Å². The Labute approximate surface area is 135 Å².